The number of aryl methyl sites for hydroxylation is 1. The van der Waals surface area contributed by atoms with Crippen LogP contribution < -0.4 is 10.0 Å². The van der Waals surface area contributed by atoms with Crippen molar-refractivity contribution in [2.45, 2.75) is 19.8 Å². The number of hydrogen-bond donors (Lipinski definition) is 2. The average molecular weight is 293 g/mol. The fourth-order valence-corrected chi connectivity index (χ4v) is 3.02. The maximum Gasteiger partial charge on any atom is 0.303 e. The third-order valence-corrected chi connectivity index (χ3v) is 4.86. The molecule has 2 N–H and O–H groups in total. The lowest BCUT2D eigenvalue weighted by Crippen LogP contribution is -2.34. The topological polar surface area (TPSA) is 87.2 Å². The normalized spacial score (nSPS) is 12.0. The zero-order valence-electron chi connectivity index (χ0n) is 10.8. The van der Waals surface area contributed by atoms with E-state index in [1.54, 1.807) is 7.05 Å². The number of anilines is 1. The molecular formula is C9H19N5O2S2. The summed E-state index contributed by atoms with van der Waals surface area (Å²) in [5, 5.41) is 11.8. The number of aromatic nitrogens is 2. The van der Waals surface area contributed by atoms with Gasteiger partial charge in [0.05, 0.1) is 0 Å². The minimum absolute atomic E-state index is 0.312. The van der Waals surface area contributed by atoms with Gasteiger partial charge in [0.25, 0.3) is 0 Å². The van der Waals surface area contributed by atoms with Gasteiger partial charge in [-0.25, -0.2) is 4.72 Å². The van der Waals surface area contributed by atoms with Gasteiger partial charge < -0.3 is 5.32 Å². The van der Waals surface area contributed by atoms with Crippen LogP contribution in [0.2, 0.25) is 0 Å². The second-order valence-electron chi connectivity index (χ2n) is 3.74. The highest BCUT2D eigenvalue weighted by Crippen LogP contribution is 2.17. The van der Waals surface area contributed by atoms with Gasteiger partial charge in [-0.2, -0.15) is 12.7 Å². The van der Waals surface area contributed by atoms with E-state index in [2.05, 4.69) is 20.2 Å². The van der Waals surface area contributed by atoms with Crippen LogP contribution in [-0.4, -0.2) is 50.1 Å². The first-order valence-electron chi connectivity index (χ1n) is 5.70. The van der Waals surface area contributed by atoms with Crippen molar-refractivity contribution in [2.75, 3.05) is 31.9 Å². The van der Waals surface area contributed by atoms with Crippen molar-refractivity contribution in [2.24, 2.45) is 0 Å². The lowest BCUT2D eigenvalue weighted by Gasteiger charge is -2.16. The summed E-state index contributed by atoms with van der Waals surface area (Å²) in [4.78, 5) is 0. The third kappa shape index (κ3) is 4.48. The first kappa shape index (κ1) is 15.3. The molecule has 0 spiro atoms. The van der Waals surface area contributed by atoms with E-state index in [-0.39, 0.29) is 0 Å². The molecule has 0 saturated carbocycles. The molecule has 0 aliphatic carbocycles. The number of nitrogens with zero attached hydrogens (tertiary/aromatic N) is 3. The molecule has 0 amide bonds. The van der Waals surface area contributed by atoms with Crippen molar-refractivity contribution < 1.29 is 8.42 Å². The lowest BCUT2D eigenvalue weighted by atomic mass is 10.4. The van der Waals surface area contributed by atoms with Gasteiger partial charge in [-0.3, -0.25) is 0 Å². The van der Waals surface area contributed by atoms with Crippen LogP contribution in [0.4, 0.5) is 5.13 Å². The molecule has 0 aliphatic heterocycles. The van der Waals surface area contributed by atoms with Crippen LogP contribution >= 0.6 is 11.3 Å². The summed E-state index contributed by atoms with van der Waals surface area (Å²) in [5.74, 6) is 0. The molecule has 1 aromatic heterocycles. The minimum atomic E-state index is -3.53. The molecule has 0 aliphatic rings. The first-order valence-corrected chi connectivity index (χ1v) is 7.96. The van der Waals surface area contributed by atoms with Crippen molar-refractivity contribution in [1.29, 1.82) is 0 Å². The van der Waals surface area contributed by atoms with Gasteiger partial charge in [-0.15, -0.1) is 10.2 Å². The Kier molecular flexibility index (Phi) is 5.93. The van der Waals surface area contributed by atoms with Crippen LogP contribution in [0.25, 0.3) is 0 Å². The van der Waals surface area contributed by atoms with E-state index in [0.717, 1.165) is 24.4 Å². The zero-order valence-corrected chi connectivity index (χ0v) is 12.4. The summed E-state index contributed by atoms with van der Waals surface area (Å²) in [7, 11) is -0.150. The van der Waals surface area contributed by atoms with Gasteiger partial charge in [-0.05, 0) is 26.4 Å². The van der Waals surface area contributed by atoms with E-state index in [1.807, 2.05) is 14.0 Å². The second-order valence-corrected chi connectivity index (χ2v) is 6.58. The third-order valence-electron chi connectivity index (χ3n) is 2.30. The summed E-state index contributed by atoms with van der Waals surface area (Å²) in [6.07, 6.45) is 1.50. The number of hydrogen-bond acceptors (Lipinski definition) is 6. The second kappa shape index (κ2) is 6.98. The van der Waals surface area contributed by atoms with Crippen LogP contribution in [0.3, 0.4) is 0 Å². The standard InChI is InChI=1S/C9H19N5O2S2/c1-4-8-11-12-9(17-8)13-18(15,16)14(3)7-5-6-10-2/h10H,4-7H2,1-3H3,(H,12,13). The molecule has 1 aromatic rings. The molecule has 0 aromatic carbocycles. The molecular weight excluding hydrogens is 274 g/mol. The molecule has 7 nitrogen and oxygen atoms in total. The monoisotopic (exact) mass is 293 g/mol. The van der Waals surface area contributed by atoms with Gasteiger partial charge in [0.15, 0.2) is 0 Å². The van der Waals surface area contributed by atoms with Crippen molar-refractivity contribution >= 4 is 26.7 Å². The first-order chi connectivity index (χ1) is 8.49. The maximum atomic E-state index is 11.9. The van der Waals surface area contributed by atoms with Crippen LogP contribution in [-0.2, 0) is 16.6 Å². The van der Waals surface area contributed by atoms with E-state index in [1.165, 1.54) is 15.6 Å². The molecule has 0 saturated heterocycles. The minimum Gasteiger partial charge on any atom is -0.320 e. The van der Waals surface area contributed by atoms with Gasteiger partial charge >= 0.3 is 10.2 Å². The Hall–Kier alpha value is -0.770. The van der Waals surface area contributed by atoms with Gasteiger partial charge in [0.1, 0.15) is 5.01 Å². The predicted molar refractivity (Wildman–Crippen MR) is 73.0 cm³/mol. The molecule has 0 bridgehead atoms. The molecule has 0 atom stereocenters. The molecule has 1 rings (SSSR count). The number of rotatable bonds is 8. The lowest BCUT2D eigenvalue weighted by molar-refractivity contribution is 0.462. The summed E-state index contributed by atoms with van der Waals surface area (Å²) >= 11 is 1.25. The Morgan fingerprint density at radius 2 is 2.11 bits per heavy atom. The smallest absolute Gasteiger partial charge is 0.303 e. The summed E-state index contributed by atoms with van der Waals surface area (Å²) in [6, 6.07) is 0. The largest absolute Gasteiger partial charge is 0.320 e. The summed E-state index contributed by atoms with van der Waals surface area (Å²) < 4.78 is 27.5. The summed E-state index contributed by atoms with van der Waals surface area (Å²) in [5.41, 5.74) is 0. The molecule has 0 unspecified atom stereocenters. The van der Waals surface area contributed by atoms with Crippen LogP contribution in [0.15, 0.2) is 0 Å². The van der Waals surface area contributed by atoms with Gasteiger partial charge in [-0.1, -0.05) is 18.3 Å². The van der Waals surface area contributed by atoms with Crippen LogP contribution in [0.1, 0.15) is 18.4 Å². The van der Waals surface area contributed by atoms with Crippen molar-refractivity contribution in [3.63, 3.8) is 0 Å². The van der Waals surface area contributed by atoms with Crippen LogP contribution in [0.5, 0.6) is 0 Å². The molecule has 104 valence electrons. The highest BCUT2D eigenvalue weighted by molar-refractivity contribution is 7.90. The fraction of sp³-hybridized carbons (Fsp3) is 0.778. The predicted octanol–water partition coefficient (Wildman–Crippen LogP) is 0.298. The van der Waals surface area contributed by atoms with Crippen molar-refractivity contribution in [1.82, 2.24) is 19.8 Å². The van der Waals surface area contributed by atoms with Crippen molar-refractivity contribution in [3.05, 3.63) is 5.01 Å². The molecule has 1 heterocycles. The Bertz CT molecular complexity index is 459. The van der Waals surface area contributed by atoms with Gasteiger partial charge in [0, 0.05) is 13.6 Å². The fourth-order valence-electron chi connectivity index (χ4n) is 1.22. The van der Waals surface area contributed by atoms with Gasteiger partial charge in [0.2, 0.25) is 5.13 Å². The quantitative estimate of drug-likeness (QED) is 0.673. The highest BCUT2D eigenvalue weighted by Gasteiger charge is 2.18. The molecule has 0 fully saturated rings. The molecule has 0 radical (unpaired) electrons. The maximum absolute atomic E-state index is 11.9. The number of nitrogens with one attached hydrogen (secondary N) is 2. The van der Waals surface area contributed by atoms with E-state index < -0.39 is 10.2 Å². The Labute approximate surface area is 112 Å². The zero-order chi connectivity index (χ0) is 13.6. The van der Waals surface area contributed by atoms with E-state index in [9.17, 15) is 8.42 Å². The Balaban J connectivity index is 2.57. The molecule has 9 heteroatoms. The van der Waals surface area contributed by atoms with E-state index in [0.29, 0.717) is 11.7 Å². The average Bonchev–Trinajstić information content (AvgIpc) is 2.76. The van der Waals surface area contributed by atoms with E-state index in [4.69, 9.17) is 0 Å². The Morgan fingerprint density at radius 1 is 1.39 bits per heavy atom. The Morgan fingerprint density at radius 3 is 2.67 bits per heavy atom. The summed E-state index contributed by atoms with van der Waals surface area (Å²) in [6.45, 7) is 3.18. The van der Waals surface area contributed by atoms with Crippen LogP contribution in [0, 0.1) is 0 Å². The van der Waals surface area contributed by atoms with Crippen molar-refractivity contribution in [3.8, 4) is 0 Å². The van der Waals surface area contributed by atoms with E-state index >= 15 is 0 Å². The molecule has 18 heavy (non-hydrogen) atoms. The SMILES string of the molecule is CCc1nnc(NS(=O)(=O)N(C)CCCNC)s1. The highest BCUT2D eigenvalue weighted by atomic mass is 32.2.